The summed E-state index contributed by atoms with van der Waals surface area (Å²) in [5, 5.41) is 0.922. The van der Waals surface area contributed by atoms with Gasteiger partial charge in [0.25, 0.3) is 10.0 Å². The van der Waals surface area contributed by atoms with E-state index in [2.05, 4.69) is 9.71 Å². The number of alkyl halides is 3. The van der Waals surface area contributed by atoms with Gasteiger partial charge in [0.2, 0.25) is 0 Å². The predicted octanol–water partition coefficient (Wildman–Crippen LogP) is 8.60. The van der Waals surface area contributed by atoms with E-state index in [4.69, 9.17) is 9.15 Å². The highest BCUT2D eigenvalue weighted by Gasteiger charge is 2.30. The Bertz CT molecular complexity index is 2210. The fourth-order valence-corrected chi connectivity index (χ4v) is 6.72. The van der Waals surface area contributed by atoms with Gasteiger partial charge in [-0.25, -0.2) is 13.4 Å². The Balaban J connectivity index is 1.15. The van der Waals surface area contributed by atoms with Gasteiger partial charge in [-0.05, 0) is 67.9 Å². The largest absolute Gasteiger partial charge is 0.488 e. The molecule has 4 aromatic carbocycles. The van der Waals surface area contributed by atoms with Crippen LogP contribution in [-0.2, 0) is 22.8 Å². The molecule has 0 unspecified atom stereocenters. The van der Waals surface area contributed by atoms with Crippen molar-refractivity contribution in [2.45, 2.75) is 31.5 Å². The number of aryl methyl sites for hydroxylation is 2. The van der Waals surface area contributed by atoms with Gasteiger partial charge in [0, 0.05) is 17.3 Å². The lowest BCUT2D eigenvalue weighted by molar-refractivity contribution is -0.137. The number of ether oxygens (including phenoxy) is 1. The van der Waals surface area contributed by atoms with Crippen LogP contribution in [0.15, 0.2) is 111 Å². The molecule has 0 bridgehead atoms. The first-order chi connectivity index (χ1) is 21.9. The van der Waals surface area contributed by atoms with Gasteiger partial charge >= 0.3 is 6.18 Å². The van der Waals surface area contributed by atoms with Crippen LogP contribution in [-0.4, -0.2) is 13.4 Å². The fourth-order valence-electron chi connectivity index (χ4n) is 4.68. The van der Waals surface area contributed by atoms with Crippen molar-refractivity contribution in [2.75, 3.05) is 4.72 Å². The minimum Gasteiger partial charge on any atom is -0.488 e. The maximum atomic E-state index is 13.3. The lowest BCUT2D eigenvalue weighted by atomic mass is 10.1. The molecule has 6 aromatic rings. The summed E-state index contributed by atoms with van der Waals surface area (Å²) in [6, 6.07) is 22.7. The molecule has 0 fully saturated rings. The smallest absolute Gasteiger partial charge is 0.416 e. The highest BCUT2D eigenvalue weighted by molar-refractivity contribution is 7.92. The van der Waals surface area contributed by atoms with Crippen molar-refractivity contribution in [1.82, 2.24) is 4.98 Å². The number of hydrogen-bond donors (Lipinski definition) is 1. The summed E-state index contributed by atoms with van der Waals surface area (Å²) in [7, 11) is -3.77. The number of hydrogen-bond acceptors (Lipinski definition) is 7. The number of thiazole rings is 1. The van der Waals surface area contributed by atoms with Crippen molar-refractivity contribution in [2.24, 2.45) is 0 Å². The molecule has 0 aliphatic carbocycles. The van der Waals surface area contributed by atoms with Crippen LogP contribution in [0.5, 0.6) is 5.75 Å². The van der Waals surface area contributed by atoms with Crippen LogP contribution >= 0.6 is 11.3 Å². The molecule has 0 radical (unpaired) electrons. The zero-order valence-corrected chi connectivity index (χ0v) is 26.0. The number of halogens is 3. The third-order valence-corrected chi connectivity index (χ3v) is 9.82. The average molecular weight is 663 g/mol. The molecule has 234 valence electrons. The molecular weight excluding hydrogens is 638 g/mol. The van der Waals surface area contributed by atoms with Gasteiger partial charge in [0.05, 0.1) is 32.0 Å². The zero-order chi connectivity index (χ0) is 32.6. The Labute approximate surface area is 266 Å². The summed E-state index contributed by atoms with van der Waals surface area (Å²) in [5.41, 5.74) is 2.77. The third kappa shape index (κ3) is 6.53. The number of nitrogens with one attached hydrogen (secondary N) is 1. The van der Waals surface area contributed by atoms with Crippen LogP contribution < -0.4 is 14.9 Å². The molecule has 0 aliphatic rings. The molecule has 0 saturated heterocycles. The number of fused-ring (bicyclic) bond motifs is 1. The molecule has 0 atom stereocenters. The van der Waals surface area contributed by atoms with Gasteiger partial charge in [0.15, 0.2) is 5.43 Å². The molecule has 12 heteroatoms. The number of nitrogens with zero attached hydrogens (tertiary/aromatic N) is 1. The molecule has 2 aromatic heterocycles. The maximum Gasteiger partial charge on any atom is 0.416 e. The van der Waals surface area contributed by atoms with E-state index in [0.29, 0.717) is 49.8 Å². The number of aromatic nitrogens is 1. The minimum atomic E-state index is -4.41. The van der Waals surface area contributed by atoms with E-state index < -0.39 is 21.8 Å². The van der Waals surface area contributed by atoms with E-state index in [1.54, 1.807) is 61.5 Å². The van der Waals surface area contributed by atoms with Crippen LogP contribution in [0.4, 0.5) is 18.9 Å². The van der Waals surface area contributed by atoms with E-state index in [9.17, 15) is 26.4 Å². The Morgan fingerprint density at radius 2 is 1.57 bits per heavy atom. The van der Waals surface area contributed by atoms with Gasteiger partial charge in [-0.15, -0.1) is 11.3 Å². The summed E-state index contributed by atoms with van der Waals surface area (Å²) < 4.78 is 78.4. The topological polar surface area (TPSA) is 98.5 Å². The van der Waals surface area contributed by atoms with E-state index >= 15 is 0 Å². The summed E-state index contributed by atoms with van der Waals surface area (Å²) in [4.78, 5) is 18.8. The van der Waals surface area contributed by atoms with Crippen LogP contribution in [0.1, 0.15) is 21.7 Å². The predicted molar refractivity (Wildman–Crippen MR) is 172 cm³/mol. The van der Waals surface area contributed by atoms with Crippen molar-refractivity contribution in [1.29, 1.82) is 0 Å². The highest BCUT2D eigenvalue weighted by atomic mass is 32.2. The molecule has 0 saturated carbocycles. The molecule has 0 amide bonds. The number of anilines is 1. The van der Waals surface area contributed by atoms with E-state index in [1.165, 1.54) is 41.9 Å². The molecule has 2 heterocycles. The second-order valence-corrected chi connectivity index (χ2v) is 13.3. The third-order valence-electron chi connectivity index (χ3n) is 7.25. The second-order valence-electron chi connectivity index (χ2n) is 10.5. The van der Waals surface area contributed by atoms with Crippen molar-refractivity contribution >= 4 is 38.0 Å². The standard InChI is InChI=1S/C34H25F3N2O5S2/c1-20-3-14-27(15-4-20)46(41,42)39-25-11-7-22(8-12-25)29-18-44-30-17-26(13-16-28(30)32(29)40)43-19-31-21(2)38-33(45-31)23-5-9-24(10-6-23)34(35,36)37/h3-18,39H,19H2,1-2H3. The van der Waals surface area contributed by atoms with Crippen LogP contribution in [0, 0.1) is 13.8 Å². The SMILES string of the molecule is Cc1ccc(S(=O)(=O)Nc2ccc(-c3coc4cc(OCc5sc(-c6ccc(C(F)(F)F)cc6)nc5C)ccc4c3=O)cc2)cc1. The lowest BCUT2D eigenvalue weighted by Gasteiger charge is -2.10. The highest BCUT2D eigenvalue weighted by Crippen LogP contribution is 2.34. The molecule has 0 aliphatic heterocycles. The second kappa shape index (κ2) is 12.1. The summed E-state index contributed by atoms with van der Waals surface area (Å²) in [6.07, 6.45) is -3.06. The summed E-state index contributed by atoms with van der Waals surface area (Å²) >= 11 is 1.33. The van der Waals surface area contributed by atoms with Gasteiger partial charge in [0.1, 0.15) is 29.2 Å². The number of sulfonamides is 1. The van der Waals surface area contributed by atoms with Gasteiger partial charge in [-0.3, -0.25) is 9.52 Å². The van der Waals surface area contributed by atoms with Crippen LogP contribution in [0.25, 0.3) is 32.7 Å². The van der Waals surface area contributed by atoms with Crippen molar-refractivity contribution in [3.63, 3.8) is 0 Å². The zero-order valence-electron chi connectivity index (χ0n) is 24.4. The lowest BCUT2D eigenvalue weighted by Crippen LogP contribution is -2.12. The molecule has 1 N–H and O–H groups in total. The molecule has 0 spiro atoms. The Kier molecular flexibility index (Phi) is 8.17. The summed E-state index contributed by atoms with van der Waals surface area (Å²) in [5.74, 6) is 0.456. The minimum absolute atomic E-state index is 0.144. The monoisotopic (exact) mass is 662 g/mol. The average Bonchev–Trinajstić information content (AvgIpc) is 3.40. The quantitative estimate of drug-likeness (QED) is 0.175. The van der Waals surface area contributed by atoms with Crippen molar-refractivity contribution in [3.8, 4) is 27.4 Å². The first-order valence-corrected chi connectivity index (χ1v) is 16.2. The Morgan fingerprint density at radius 3 is 2.24 bits per heavy atom. The molecule has 7 nitrogen and oxygen atoms in total. The maximum absolute atomic E-state index is 13.3. The van der Waals surface area contributed by atoms with E-state index in [1.807, 2.05) is 6.92 Å². The number of benzene rings is 4. The van der Waals surface area contributed by atoms with E-state index in [-0.39, 0.29) is 16.9 Å². The molecular formula is C34H25F3N2O5S2. The van der Waals surface area contributed by atoms with Crippen LogP contribution in [0.2, 0.25) is 0 Å². The summed E-state index contributed by atoms with van der Waals surface area (Å²) in [6.45, 7) is 3.84. The number of rotatable bonds is 8. The Morgan fingerprint density at radius 1 is 0.891 bits per heavy atom. The molecule has 46 heavy (non-hydrogen) atoms. The van der Waals surface area contributed by atoms with Gasteiger partial charge in [-0.1, -0.05) is 42.0 Å². The normalized spacial score (nSPS) is 11.9. The Hall–Kier alpha value is -4.94. The van der Waals surface area contributed by atoms with Crippen molar-refractivity contribution in [3.05, 3.63) is 129 Å². The first-order valence-electron chi connectivity index (χ1n) is 13.9. The van der Waals surface area contributed by atoms with Gasteiger partial charge in [-0.2, -0.15) is 13.2 Å². The van der Waals surface area contributed by atoms with Gasteiger partial charge < -0.3 is 9.15 Å². The van der Waals surface area contributed by atoms with Crippen LogP contribution in [0.3, 0.4) is 0 Å². The van der Waals surface area contributed by atoms with E-state index in [0.717, 1.165) is 22.6 Å². The molecule has 6 rings (SSSR count). The fraction of sp³-hybridized carbons (Fsp3) is 0.118. The van der Waals surface area contributed by atoms with Crippen molar-refractivity contribution < 1.29 is 30.7 Å². The first kappa shape index (κ1) is 31.1.